The van der Waals surface area contributed by atoms with Gasteiger partial charge in [0.15, 0.2) is 4.96 Å². The van der Waals surface area contributed by atoms with Gasteiger partial charge in [-0.25, -0.2) is 4.98 Å². The maximum absolute atomic E-state index is 12.5. The number of rotatable bonds is 5. The molecule has 1 aliphatic rings. The summed E-state index contributed by atoms with van der Waals surface area (Å²) in [5, 5.41) is 1.97. The average Bonchev–Trinajstić information content (AvgIpc) is 3.28. The van der Waals surface area contributed by atoms with Gasteiger partial charge in [0.1, 0.15) is 11.5 Å². The van der Waals surface area contributed by atoms with Crippen LogP contribution in [-0.4, -0.2) is 35.0 Å². The van der Waals surface area contributed by atoms with Crippen molar-refractivity contribution in [3.8, 4) is 11.5 Å². The number of likely N-dealkylation sites (tertiary alicyclic amines) is 1. The number of thiazole rings is 1. The van der Waals surface area contributed by atoms with E-state index in [-0.39, 0.29) is 11.6 Å². The van der Waals surface area contributed by atoms with Gasteiger partial charge in [-0.3, -0.25) is 14.1 Å². The van der Waals surface area contributed by atoms with Crippen LogP contribution in [0.1, 0.15) is 35.8 Å². The summed E-state index contributed by atoms with van der Waals surface area (Å²) in [6.45, 7) is 3.54. The zero-order valence-corrected chi connectivity index (χ0v) is 16.6. The molecule has 0 spiro atoms. The molecule has 27 heavy (non-hydrogen) atoms. The third-order valence-corrected chi connectivity index (χ3v) is 6.10. The van der Waals surface area contributed by atoms with Gasteiger partial charge in [0.05, 0.1) is 19.9 Å². The fraction of sp³-hybridized carbons (Fsp3) is 0.400. The summed E-state index contributed by atoms with van der Waals surface area (Å²) in [6, 6.07) is 7.80. The van der Waals surface area contributed by atoms with Crippen molar-refractivity contribution in [3.63, 3.8) is 0 Å². The van der Waals surface area contributed by atoms with Gasteiger partial charge in [0.25, 0.3) is 5.56 Å². The predicted octanol–water partition coefficient (Wildman–Crippen LogP) is 3.42. The Morgan fingerprint density at radius 1 is 1.26 bits per heavy atom. The molecule has 0 aliphatic carbocycles. The molecule has 0 saturated carbocycles. The molecule has 1 atom stereocenters. The van der Waals surface area contributed by atoms with Gasteiger partial charge in [-0.05, 0) is 44.5 Å². The first-order chi connectivity index (χ1) is 13.1. The highest BCUT2D eigenvalue weighted by Gasteiger charge is 2.29. The van der Waals surface area contributed by atoms with Crippen LogP contribution >= 0.6 is 11.3 Å². The molecule has 1 saturated heterocycles. The Balaban J connectivity index is 1.66. The smallest absolute Gasteiger partial charge is 0.259 e. The van der Waals surface area contributed by atoms with Crippen LogP contribution in [-0.2, 0) is 6.54 Å². The lowest BCUT2D eigenvalue weighted by atomic mass is 10.0. The van der Waals surface area contributed by atoms with Crippen molar-refractivity contribution < 1.29 is 9.47 Å². The third-order valence-electron chi connectivity index (χ3n) is 5.15. The summed E-state index contributed by atoms with van der Waals surface area (Å²) in [5.74, 6) is 1.69. The predicted molar refractivity (Wildman–Crippen MR) is 106 cm³/mol. The van der Waals surface area contributed by atoms with E-state index in [1.807, 2.05) is 24.4 Å². The molecule has 0 amide bonds. The van der Waals surface area contributed by atoms with E-state index in [9.17, 15) is 4.79 Å². The minimum atomic E-state index is -0.0107. The Hall–Kier alpha value is -2.38. The van der Waals surface area contributed by atoms with Gasteiger partial charge >= 0.3 is 0 Å². The SMILES string of the molecule is COc1ccc(OC)c(C2CCCN2Cc2cc(=O)n3c(C)csc3n2)c1. The normalized spacial score (nSPS) is 17.5. The molecule has 1 aromatic carbocycles. The molecule has 6 nitrogen and oxygen atoms in total. The van der Waals surface area contributed by atoms with Crippen molar-refractivity contribution >= 4 is 16.3 Å². The average molecular weight is 385 g/mol. The Morgan fingerprint density at radius 2 is 2.11 bits per heavy atom. The van der Waals surface area contributed by atoms with E-state index in [4.69, 9.17) is 14.5 Å². The molecule has 4 rings (SSSR count). The minimum Gasteiger partial charge on any atom is -0.497 e. The second-order valence-electron chi connectivity index (χ2n) is 6.82. The van der Waals surface area contributed by atoms with Crippen molar-refractivity contribution in [2.75, 3.05) is 20.8 Å². The van der Waals surface area contributed by atoms with E-state index >= 15 is 0 Å². The van der Waals surface area contributed by atoms with Crippen LogP contribution in [0.25, 0.3) is 4.96 Å². The number of hydrogen-bond donors (Lipinski definition) is 0. The van der Waals surface area contributed by atoms with Crippen LogP contribution in [0.4, 0.5) is 0 Å². The van der Waals surface area contributed by atoms with E-state index in [2.05, 4.69) is 11.0 Å². The van der Waals surface area contributed by atoms with Crippen molar-refractivity contribution in [2.45, 2.75) is 32.4 Å². The molecule has 3 heterocycles. The summed E-state index contributed by atoms with van der Waals surface area (Å²) in [7, 11) is 3.37. The number of methoxy groups -OCH3 is 2. The minimum absolute atomic E-state index is 0.0107. The Labute approximate surface area is 162 Å². The highest BCUT2D eigenvalue weighted by Crippen LogP contribution is 2.39. The first-order valence-corrected chi connectivity index (χ1v) is 9.91. The number of hydrogen-bond acceptors (Lipinski definition) is 6. The molecule has 3 aromatic rings. The number of ether oxygens (including phenoxy) is 2. The molecule has 0 bridgehead atoms. The molecule has 1 aliphatic heterocycles. The van der Waals surface area contributed by atoms with Crippen LogP contribution in [0.5, 0.6) is 11.5 Å². The van der Waals surface area contributed by atoms with Crippen LogP contribution in [0, 0.1) is 6.92 Å². The van der Waals surface area contributed by atoms with Crippen molar-refractivity contribution in [1.82, 2.24) is 14.3 Å². The van der Waals surface area contributed by atoms with E-state index < -0.39 is 0 Å². The summed E-state index contributed by atoms with van der Waals surface area (Å²) in [6.07, 6.45) is 2.15. The van der Waals surface area contributed by atoms with Gasteiger partial charge in [-0.15, -0.1) is 11.3 Å². The van der Waals surface area contributed by atoms with Crippen molar-refractivity contribution in [1.29, 1.82) is 0 Å². The van der Waals surface area contributed by atoms with E-state index in [1.54, 1.807) is 24.7 Å². The molecule has 1 unspecified atom stereocenters. The lowest BCUT2D eigenvalue weighted by Crippen LogP contribution is -2.25. The lowest BCUT2D eigenvalue weighted by molar-refractivity contribution is 0.239. The summed E-state index contributed by atoms with van der Waals surface area (Å²) >= 11 is 1.51. The van der Waals surface area contributed by atoms with Gasteiger partial charge in [0.2, 0.25) is 0 Å². The van der Waals surface area contributed by atoms with Crippen molar-refractivity contribution in [3.05, 3.63) is 57.0 Å². The summed E-state index contributed by atoms with van der Waals surface area (Å²) in [5.41, 5.74) is 2.86. The number of nitrogens with zero attached hydrogens (tertiary/aromatic N) is 3. The van der Waals surface area contributed by atoms with Crippen LogP contribution < -0.4 is 15.0 Å². The quantitative estimate of drug-likeness (QED) is 0.674. The molecule has 7 heteroatoms. The summed E-state index contributed by atoms with van der Waals surface area (Å²) in [4.78, 5) is 20.3. The van der Waals surface area contributed by atoms with E-state index in [0.29, 0.717) is 6.54 Å². The maximum Gasteiger partial charge on any atom is 0.259 e. The highest BCUT2D eigenvalue weighted by molar-refractivity contribution is 7.15. The fourth-order valence-corrected chi connectivity index (χ4v) is 4.75. The molecule has 142 valence electrons. The Bertz CT molecular complexity index is 1030. The molecule has 1 fully saturated rings. The maximum atomic E-state index is 12.5. The zero-order valence-electron chi connectivity index (χ0n) is 15.8. The number of benzene rings is 1. The number of fused-ring (bicyclic) bond motifs is 1. The Morgan fingerprint density at radius 3 is 2.89 bits per heavy atom. The lowest BCUT2D eigenvalue weighted by Gasteiger charge is -2.26. The standard InChI is InChI=1S/C20H23N3O3S/c1-13-12-27-20-21-14(9-19(24)23(13)20)11-22-8-4-5-17(22)16-10-15(25-2)6-7-18(16)26-3/h6-7,9-10,12,17H,4-5,8,11H2,1-3H3. The topological polar surface area (TPSA) is 56.1 Å². The molecular formula is C20H23N3O3S. The fourth-order valence-electron chi connectivity index (χ4n) is 3.86. The summed E-state index contributed by atoms with van der Waals surface area (Å²) < 4.78 is 12.7. The van der Waals surface area contributed by atoms with Gasteiger partial charge in [-0.1, -0.05) is 0 Å². The van der Waals surface area contributed by atoms with Gasteiger partial charge in [-0.2, -0.15) is 0 Å². The molecule has 2 aromatic heterocycles. The number of aromatic nitrogens is 2. The monoisotopic (exact) mass is 385 g/mol. The Kier molecular flexibility index (Phi) is 4.88. The van der Waals surface area contributed by atoms with E-state index in [1.165, 1.54) is 11.3 Å². The highest BCUT2D eigenvalue weighted by atomic mass is 32.1. The number of aryl methyl sites for hydroxylation is 1. The zero-order chi connectivity index (χ0) is 19.0. The molecule has 0 radical (unpaired) electrons. The first-order valence-electron chi connectivity index (χ1n) is 9.03. The first kappa shape index (κ1) is 18.0. The van der Waals surface area contributed by atoms with Crippen molar-refractivity contribution in [2.24, 2.45) is 0 Å². The molecular weight excluding hydrogens is 362 g/mol. The second-order valence-corrected chi connectivity index (χ2v) is 7.65. The van der Waals surface area contributed by atoms with Crippen LogP contribution in [0.2, 0.25) is 0 Å². The van der Waals surface area contributed by atoms with Gasteiger partial charge in [0, 0.05) is 35.3 Å². The van der Waals surface area contributed by atoms with Gasteiger partial charge < -0.3 is 9.47 Å². The molecule has 0 N–H and O–H groups in total. The van der Waals surface area contributed by atoms with Crippen LogP contribution in [0.15, 0.2) is 34.4 Å². The largest absolute Gasteiger partial charge is 0.497 e. The second kappa shape index (κ2) is 7.32. The third kappa shape index (κ3) is 3.33. The van der Waals surface area contributed by atoms with Crippen LogP contribution in [0.3, 0.4) is 0 Å². The van der Waals surface area contributed by atoms with E-state index in [0.717, 1.165) is 52.8 Å².